The van der Waals surface area contributed by atoms with Crippen molar-refractivity contribution in [2.75, 3.05) is 13.1 Å². The summed E-state index contributed by atoms with van der Waals surface area (Å²) in [6, 6.07) is 1.84. The Labute approximate surface area is 83.5 Å². The molecule has 0 N–H and O–H groups in total. The molecule has 0 atom stereocenters. The molecule has 14 heavy (non-hydrogen) atoms. The summed E-state index contributed by atoms with van der Waals surface area (Å²) < 4.78 is 1.68. The molecule has 1 fully saturated rings. The van der Waals surface area contributed by atoms with Gasteiger partial charge in [-0.1, -0.05) is 0 Å². The van der Waals surface area contributed by atoms with E-state index in [2.05, 4.69) is 5.10 Å². The molecule has 0 spiro atoms. The van der Waals surface area contributed by atoms with E-state index in [9.17, 15) is 4.79 Å². The number of carbonyl (C=O) groups is 1. The number of piperidine rings is 1. The molecule has 2 rings (SSSR count). The van der Waals surface area contributed by atoms with Crippen molar-refractivity contribution in [3.8, 4) is 0 Å². The van der Waals surface area contributed by atoms with Crippen LogP contribution in [0.25, 0.3) is 0 Å². The van der Waals surface area contributed by atoms with Crippen LogP contribution in [-0.2, 0) is 11.3 Å². The topological polar surface area (TPSA) is 38.1 Å². The fraction of sp³-hybridized carbons (Fsp3) is 0.600. The minimum Gasteiger partial charge on any atom is -0.341 e. The van der Waals surface area contributed by atoms with E-state index in [-0.39, 0.29) is 5.91 Å². The predicted molar refractivity (Wildman–Crippen MR) is 52.7 cm³/mol. The maximum Gasteiger partial charge on any atom is 0.244 e. The number of amides is 1. The summed E-state index contributed by atoms with van der Waals surface area (Å²) in [5.74, 6) is 0.188. The fourth-order valence-corrected chi connectivity index (χ4v) is 1.78. The number of carbonyl (C=O) groups excluding carboxylic acids is 1. The zero-order valence-corrected chi connectivity index (χ0v) is 8.22. The zero-order chi connectivity index (χ0) is 9.80. The van der Waals surface area contributed by atoms with Gasteiger partial charge in [-0.2, -0.15) is 5.10 Å². The second-order valence-corrected chi connectivity index (χ2v) is 3.65. The first kappa shape index (κ1) is 9.24. The third kappa shape index (κ3) is 2.13. The Bertz CT molecular complexity index is 288. The van der Waals surface area contributed by atoms with Gasteiger partial charge in [0.25, 0.3) is 0 Å². The summed E-state index contributed by atoms with van der Waals surface area (Å²) in [7, 11) is 0. The summed E-state index contributed by atoms with van der Waals surface area (Å²) in [6.45, 7) is 2.22. The Hall–Kier alpha value is -1.32. The maximum absolute atomic E-state index is 11.7. The summed E-state index contributed by atoms with van der Waals surface area (Å²) in [6.07, 6.45) is 7.06. The normalized spacial score (nSPS) is 17.0. The molecule has 1 aliphatic rings. The average Bonchev–Trinajstić information content (AvgIpc) is 2.72. The summed E-state index contributed by atoms with van der Waals surface area (Å²) >= 11 is 0. The Morgan fingerprint density at radius 3 is 2.71 bits per heavy atom. The summed E-state index contributed by atoms with van der Waals surface area (Å²) in [4.78, 5) is 13.7. The highest BCUT2D eigenvalue weighted by molar-refractivity contribution is 5.75. The van der Waals surface area contributed by atoms with Gasteiger partial charge in [0.1, 0.15) is 6.54 Å². The molecule has 0 saturated carbocycles. The van der Waals surface area contributed by atoms with Crippen LogP contribution < -0.4 is 0 Å². The van der Waals surface area contributed by atoms with Crippen LogP contribution in [0, 0.1) is 0 Å². The van der Waals surface area contributed by atoms with E-state index in [1.54, 1.807) is 10.9 Å². The van der Waals surface area contributed by atoms with E-state index in [0.717, 1.165) is 25.9 Å². The van der Waals surface area contributed by atoms with Crippen molar-refractivity contribution < 1.29 is 4.79 Å². The first-order chi connectivity index (χ1) is 6.86. The number of rotatable bonds is 2. The van der Waals surface area contributed by atoms with Gasteiger partial charge in [0.2, 0.25) is 5.91 Å². The Morgan fingerprint density at radius 1 is 1.29 bits per heavy atom. The van der Waals surface area contributed by atoms with E-state index >= 15 is 0 Å². The van der Waals surface area contributed by atoms with Gasteiger partial charge in [-0.15, -0.1) is 0 Å². The van der Waals surface area contributed by atoms with Crippen LogP contribution in [0.1, 0.15) is 19.3 Å². The van der Waals surface area contributed by atoms with Gasteiger partial charge >= 0.3 is 0 Å². The molecule has 1 aromatic rings. The van der Waals surface area contributed by atoms with Gasteiger partial charge in [0.15, 0.2) is 0 Å². The lowest BCUT2D eigenvalue weighted by Crippen LogP contribution is -2.37. The van der Waals surface area contributed by atoms with Gasteiger partial charge in [0, 0.05) is 25.5 Å². The Kier molecular flexibility index (Phi) is 2.81. The summed E-state index contributed by atoms with van der Waals surface area (Å²) in [5, 5.41) is 4.02. The van der Waals surface area contributed by atoms with Crippen LogP contribution >= 0.6 is 0 Å². The highest BCUT2D eigenvalue weighted by atomic mass is 16.2. The number of likely N-dealkylation sites (tertiary alicyclic amines) is 1. The maximum atomic E-state index is 11.7. The van der Waals surface area contributed by atoms with Gasteiger partial charge < -0.3 is 4.90 Å². The van der Waals surface area contributed by atoms with Crippen LogP contribution in [0.15, 0.2) is 18.5 Å². The predicted octanol–water partition coefficient (Wildman–Crippen LogP) is 0.896. The van der Waals surface area contributed by atoms with Crippen molar-refractivity contribution in [1.29, 1.82) is 0 Å². The quantitative estimate of drug-likeness (QED) is 0.699. The molecule has 4 heteroatoms. The molecule has 1 aliphatic heterocycles. The summed E-state index contributed by atoms with van der Waals surface area (Å²) in [5.41, 5.74) is 0. The molecule has 1 saturated heterocycles. The van der Waals surface area contributed by atoms with Gasteiger partial charge in [0.05, 0.1) is 0 Å². The van der Waals surface area contributed by atoms with Crippen molar-refractivity contribution >= 4 is 5.91 Å². The number of hydrogen-bond acceptors (Lipinski definition) is 2. The van der Waals surface area contributed by atoms with Crippen molar-refractivity contribution in [2.45, 2.75) is 25.8 Å². The van der Waals surface area contributed by atoms with Crippen LogP contribution in [-0.4, -0.2) is 33.7 Å². The first-order valence-electron chi connectivity index (χ1n) is 5.11. The standard InChI is InChI=1S/C10H15N3O/c14-10(9-13-8-4-5-11-13)12-6-2-1-3-7-12/h4-5,8H,1-3,6-7,9H2. The fourth-order valence-electron chi connectivity index (χ4n) is 1.78. The molecule has 1 aromatic heterocycles. The number of aromatic nitrogens is 2. The van der Waals surface area contributed by atoms with E-state index in [4.69, 9.17) is 0 Å². The van der Waals surface area contributed by atoms with Crippen molar-refractivity contribution in [2.24, 2.45) is 0 Å². The van der Waals surface area contributed by atoms with Gasteiger partial charge in [-0.25, -0.2) is 0 Å². The highest BCUT2D eigenvalue weighted by Gasteiger charge is 2.16. The third-order valence-corrected chi connectivity index (χ3v) is 2.57. The Morgan fingerprint density at radius 2 is 2.07 bits per heavy atom. The third-order valence-electron chi connectivity index (χ3n) is 2.57. The van der Waals surface area contributed by atoms with Crippen molar-refractivity contribution in [1.82, 2.24) is 14.7 Å². The van der Waals surface area contributed by atoms with Crippen LogP contribution in [0.4, 0.5) is 0 Å². The highest BCUT2D eigenvalue weighted by Crippen LogP contribution is 2.08. The average molecular weight is 193 g/mol. The molecule has 76 valence electrons. The SMILES string of the molecule is O=C(Cn1cccn1)N1CCCCC1. The number of hydrogen-bond donors (Lipinski definition) is 0. The lowest BCUT2D eigenvalue weighted by molar-refractivity contribution is -0.132. The second-order valence-electron chi connectivity index (χ2n) is 3.65. The molecular formula is C10H15N3O. The van der Waals surface area contributed by atoms with E-state index in [1.807, 2.05) is 17.2 Å². The van der Waals surface area contributed by atoms with E-state index in [0.29, 0.717) is 6.54 Å². The Balaban J connectivity index is 1.88. The molecule has 0 bridgehead atoms. The van der Waals surface area contributed by atoms with Crippen molar-refractivity contribution in [3.63, 3.8) is 0 Å². The molecule has 4 nitrogen and oxygen atoms in total. The molecule has 2 heterocycles. The number of nitrogens with zero attached hydrogens (tertiary/aromatic N) is 3. The van der Waals surface area contributed by atoms with Crippen LogP contribution in [0.2, 0.25) is 0 Å². The molecule has 0 aromatic carbocycles. The van der Waals surface area contributed by atoms with Gasteiger partial charge in [-0.3, -0.25) is 9.48 Å². The smallest absolute Gasteiger partial charge is 0.244 e. The minimum absolute atomic E-state index is 0.188. The molecule has 0 aliphatic carbocycles. The molecule has 0 unspecified atom stereocenters. The van der Waals surface area contributed by atoms with E-state index < -0.39 is 0 Å². The zero-order valence-electron chi connectivity index (χ0n) is 8.22. The van der Waals surface area contributed by atoms with E-state index in [1.165, 1.54) is 6.42 Å². The second kappa shape index (κ2) is 4.26. The largest absolute Gasteiger partial charge is 0.341 e. The molecular weight excluding hydrogens is 178 g/mol. The monoisotopic (exact) mass is 193 g/mol. The first-order valence-corrected chi connectivity index (χ1v) is 5.11. The lowest BCUT2D eigenvalue weighted by Gasteiger charge is -2.26. The van der Waals surface area contributed by atoms with Crippen LogP contribution in [0.5, 0.6) is 0 Å². The van der Waals surface area contributed by atoms with Crippen molar-refractivity contribution in [3.05, 3.63) is 18.5 Å². The van der Waals surface area contributed by atoms with Crippen LogP contribution in [0.3, 0.4) is 0 Å². The molecule has 1 amide bonds. The molecule has 0 radical (unpaired) electrons. The minimum atomic E-state index is 0.188. The lowest BCUT2D eigenvalue weighted by atomic mass is 10.1. The van der Waals surface area contributed by atoms with Gasteiger partial charge in [-0.05, 0) is 25.3 Å².